The Bertz CT molecular complexity index is 615. The predicted molar refractivity (Wildman–Crippen MR) is 66.3 cm³/mol. The van der Waals surface area contributed by atoms with Gasteiger partial charge in [0, 0.05) is 10.9 Å². The molecule has 2 aliphatic heterocycles. The quantitative estimate of drug-likeness (QED) is 0.642. The fourth-order valence-corrected chi connectivity index (χ4v) is 2.80. The number of ether oxygens (including phenoxy) is 2. The van der Waals surface area contributed by atoms with Gasteiger partial charge in [0.15, 0.2) is 0 Å². The smallest absolute Gasteiger partial charge is 0.133 e. The third-order valence-electron chi connectivity index (χ3n) is 3.76. The molecule has 1 fully saturated rings. The van der Waals surface area contributed by atoms with Crippen LogP contribution in [0.2, 0.25) is 0 Å². The predicted octanol–water partition coefficient (Wildman–Crippen LogP) is 3.45. The number of hydrogen-bond acceptors (Lipinski definition) is 2. The van der Waals surface area contributed by atoms with Gasteiger partial charge in [-0.2, -0.15) is 0 Å². The lowest BCUT2D eigenvalue weighted by molar-refractivity contribution is 0.0743. The Morgan fingerprint density at radius 1 is 1.06 bits per heavy atom. The van der Waals surface area contributed by atoms with Crippen LogP contribution >= 0.6 is 0 Å². The zero-order chi connectivity index (χ0) is 11.6. The normalized spacial score (nSPS) is 28.1. The summed E-state index contributed by atoms with van der Waals surface area (Å²) in [7, 11) is 0. The van der Waals surface area contributed by atoms with Gasteiger partial charge >= 0.3 is 0 Å². The highest BCUT2D eigenvalue weighted by Gasteiger charge is 2.56. The Balaban J connectivity index is 2.02. The van der Waals surface area contributed by atoms with Crippen molar-refractivity contribution in [1.29, 1.82) is 0 Å². The van der Waals surface area contributed by atoms with E-state index in [0.717, 1.165) is 5.75 Å². The molecule has 2 nitrogen and oxygen atoms in total. The molecule has 0 aromatic heterocycles. The van der Waals surface area contributed by atoms with E-state index in [9.17, 15) is 0 Å². The minimum atomic E-state index is -0.220. The lowest BCUT2D eigenvalue weighted by Gasteiger charge is -2.30. The summed E-state index contributed by atoms with van der Waals surface area (Å²) in [4.78, 5) is 0. The summed E-state index contributed by atoms with van der Waals surface area (Å²) in [6.45, 7) is 4.20. The van der Waals surface area contributed by atoms with E-state index in [1.165, 1.54) is 16.3 Å². The molecule has 2 aliphatic rings. The minimum Gasteiger partial charge on any atom is -0.484 e. The molecule has 2 aromatic rings. The van der Waals surface area contributed by atoms with Crippen molar-refractivity contribution in [3.63, 3.8) is 0 Å². The standard InChI is InChI=1S/C15H14O2/c1-15(2)14-13(16-14)11-8-7-9-5-3-4-6-10(9)12(11)17-15/h3-8,13-14H,1-2H3/t13-,14+/m1/s1. The fourth-order valence-electron chi connectivity index (χ4n) is 2.80. The van der Waals surface area contributed by atoms with Crippen LogP contribution in [0.1, 0.15) is 25.5 Å². The van der Waals surface area contributed by atoms with Gasteiger partial charge in [-0.3, -0.25) is 0 Å². The van der Waals surface area contributed by atoms with Gasteiger partial charge in [-0.1, -0.05) is 36.4 Å². The molecule has 0 N–H and O–H groups in total. The van der Waals surface area contributed by atoms with E-state index in [2.05, 4.69) is 50.2 Å². The maximum absolute atomic E-state index is 6.16. The fraction of sp³-hybridized carbons (Fsp3) is 0.333. The largest absolute Gasteiger partial charge is 0.484 e. The first-order valence-electron chi connectivity index (χ1n) is 6.03. The molecule has 17 heavy (non-hydrogen) atoms. The number of epoxide rings is 1. The van der Waals surface area contributed by atoms with Crippen molar-refractivity contribution in [2.75, 3.05) is 0 Å². The van der Waals surface area contributed by atoms with Gasteiger partial charge in [0.1, 0.15) is 23.6 Å². The topological polar surface area (TPSA) is 21.8 Å². The monoisotopic (exact) mass is 226 g/mol. The van der Waals surface area contributed by atoms with Gasteiger partial charge in [-0.05, 0) is 19.2 Å². The third kappa shape index (κ3) is 1.19. The molecule has 0 saturated carbocycles. The van der Waals surface area contributed by atoms with Crippen molar-refractivity contribution < 1.29 is 9.47 Å². The van der Waals surface area contributed by atoms with E-state index in [-0.39, 0.29) is 17.8 Å². The molecule has 0 bridgehead atoms. The van der Waals surface area contributed by atoms with Crippen LogP contribution in [-0.2, 0) is 4.74 Å². The summed E-state index contributed by atoms with van der Waals surface area (Å²) in [6, 6.07) is 12.6. The second-order valence-electron chi connectivity index (χ2n) is 5.39. The van der Waals surface area contributed by atoms with Crippen molar-refractivity contribution in [1.82, 2.24) is 0 Å². The average Bonchev–Trinajstić information content (AvgIpc) is 3.10. The molecule has 2 heteroatoms. The highest BCUT2D eigenvalue weighted by atomic mass is 16.6. The summed E-state index contributed by atoms with van der Waals surface area (Å²) in [5.41, 5.74) is 0.981. The highest BCUT2D eigenvalue weighted by Crippen LogP contribution is 2.55. The van der Waals surface area contributed by atoms with Crippen LogP contribution < -0.4 is 4.74 Å². The van der Waals surface area contributed by atoms with E-state index in [1.807, 2.05) is 0 Å². The van der Waals surface area contributed by atoms with Crippen LogP contribution in [0.5, 0.6) is 5.75 Å². The van der Waals surface area contributed by atoms with E-state index in [4.69, 9.17) is 9.47 Å². The van der Waals surface area contributed by atoms with Crippen molar-refractivity contribution in [2.45, 2.75) is 31.7 Å². The molecule has 0 amide bonds. The summed E-state index contributed by atoms with van der Waals surface area (Å²) in [5, 5.41) is 2.41. The van der Waals surface area contributed by atoms with Crippen LogP contribution in [0.4, 0.5) is 0 Å². The first-order valence-corrected chi connectivity index (χ1v) is 6.03. The number of hydrogen-bond donors (Lipinski definition) is 0. The van der Waals surface area contributed by atoms with E-state index < -0.39 is 0 Å². The van der Waals surface area contributed by atoms with Crippen LogP contribution in [0.25, 0.3) is 10.8 Å². The SMILES string of the molecule is CC1(C)Oc2c(ccc3ccccc23)[C@H]2O[C@@H]21. The van der Waals surface area contributed by atoms with Gasteiger partial charge in [-0.15, -0.1) is 0 Å². The van der Waals surface area contributed by atoms with E-state index in [0.29, 0.717) is 0 Å². The first-order chi connectivity index (χ1) is 8.17. The highest BCUT2D eigenvalue weighted by molar-refractivity contribution is 5.90. The van der Waals surface area contributed by atoms with Crippen molar-refractivity contribution >= 4 is 10.8 Å². The maximum Gasteiger partial charge on any atom is 0.133 e. The Labute approximate surface area is 100 Å². The van der Waals surface area contributed by atoms with Crippen molar-refractivity contribution in [2.24, 2.45) is 0 Å². The zero-order valence-corrected chi connectivity index (χ0v) is 9.94. The van der Waals surface area contributed by atoms with Gasteiger partial charge in [0.05, 0.1) is 0 Å². The Kier molecular flexibility index (Phi) is 1.58. The molecule has 4 rings (SSSR count). The summed E-state index contributed by atoms with van der Waals surface area (Å²) >= 11 is 0. The maximum atomic E-state index is 6.16. The molecule has 0 spiro atoms. The van der Waals surface area contributed by atoms with E-state index in [1.54, 1.807) is 0 Å². The zero-order valence-electron chi connectivity index (χ0n) is 9.94. The molecule has 86 valence electrons. The molecular formula is C15H14O2. The molecule has 2 heterocycles. The van der Waals surface area contributed by atoms with Crippen LogP contribution in [0.15, 0.2) is 36.4 Å². The lowest BCUT2D eigenvalue weighted by Crippen LogP contribution is -2.37. The lowest BCUT2D eigenvalue weighted by atomic mass is 9.92. The summed E-state index contributed by atoms with van der Waals surface area (Å²) in [6.07, 6.45) is 0.453. The number of fused-ring (bicyclic) bond motifs is 5. The molecular weight excluding hydrogens is 212 g/mol. The van der Waals surface area contributed by atoms with Gasteiger partial charge in [-0.25, -0.2) is 0 Å². The van der Waals surface area contributed by atoms with Crippen LogP contribution in [0, 0.1) is 0 Å². The molecule has 0 unspecified atom stereocenters. The van der Waals surface area contributed by atoms with Crippen molar-refractivity contribution in [3.8, 4) is 5.75 Å². The molecule has 2 aromatic carbocycles. The summed E-state index contributed by atoms with van der Waals surface area (Å²) < 4.78 is 11.9. The molecule has 2 atom stereocenters. The van der Waals surface area contributed by atoms with Crippen LogP contribution in [-0.4, -0.2) is 11.7 Å². The molecule has 0 radical (unpaired) electrons. The molecule has 1 saturated heterocycles. The van der Waals surface area contributed by atoms with Crippen molar-refractivity contribution in [3.05, 3.63) is 42.0 Å². The second kappa shape index (κ2) is 2.82. The third-order valence-corrected chi connectivity index (χ3v) is 3.76. The Hall–Kier alpha value is -1.54. The minimum absolute atomic E-state index is 0.219. The molecule has 0 aliphatic carbocycles. The number of rotatable bonds is 0. The van der Waals surface area contributed by atoms with Gasteiger partial charge in [0.2, 0.25) is 0 Å². The van der Waals surface area contributed by atoms with Gasteiger partial charge < -0.3 is 9.47 Å². The Morgan fingerprint density at radius 3 is 2.76 bits per heavy atom. The second-order valence-corrected chi connectivity index (χ2v) is 5.39. The average molecular weight is 226 g/mol. The number of benzene rings is 2. The first kappa shape index (κ1) is 9.49. The van der Waals surface area contributed by atoms with E-state index >= 15 is 0 Å². The summed E-state index contributed by atoms with van der Waals surface area (Å²) in [5.74, 6) is 1.01. The Morgan fingerprint density at radius 2 is 1.88 bits per heavy atom. The van der Waals surface area contributed by atoms with Crippen LogP contribution in [0.3, 0.4) is 0 Å². The van der Waals surface area contributed by atoms with Gasteiger partial charge in [0.25, 0.3) is 0 Å².